The van der Waals surface area contributed by atoms with Crippen LogP contribution in [0.5, 0.6) is 0 Å². The predicted molar refractivity (Wildman–Crippen MR) is 153 cm³/mol. The summed E-state index contributed by atoms with van der Waals surface area (Å²) in [5, 5.41) is 6.53. The van der Waals surface area contributed by atoms with Gasteiger partial charge >= 0.3 is 18.2 Å². The van der Waals surface area contributed by atoms with E-state index in [1.54, 1.807) is 35.4 Å². The van der Waals surface area contributed by atoms with Crippen LogP contribution in [-0.2, 0) is 19.0 Å². The van der Waals surface area contributed by atoms with Crippen molar-refractivity contribution in [2.75, 3.05) is 31.4 Å². The van der Waals surface area contributed by atoms with Crippen LogP contribution in [0.3, 0.4) is 0 Å². The quantitative estimate of drug-likeness (QED) is 0.250. The van der Waals surface area contributed by atoms with E-state index in [1.807, 2.05) is 18.2 Å². The average Bonchev–Trinajstić information content (AvgIpc) is 3.46. The molecule has 3 N–H and O–H groups in total. The number of anilines is 2. The highest BCUT2D eigenvalue weighted by atomic mass is 35.5. The number of carbonyl (C=O) groups excluding carboxylic acids is 3. The lowest BCUT2D eigenvalue weighted by molar-refractivity contribution is -0.141. The number of rotatable bonds is 4. The Labute approximate surface area is 242 Å². The zero-order valence-electron chi connectivity index (χ0n) is 22.8. The highest BCUT2D eigenvalue weighted by Gasteiger charge is 2.35. The van der Waals surface area contributed by atoms with Crippen molar-refractivity contribution in [2.24, 2.45) is 0 Å². The molecule has 5 rings (SSSR count). The molecule has 0 saturated carbocycles. The van der Waals surface area contributed by atoms with Crippen LogP contribution in [0.1, 0.15) is 55.6 Å². The first kappa shape index (κ1) is 28.3. The molecule has 12 heteroatoms. The third kappa shape index (κ3) is 6.40. The van der Waals surface area contributed by atoms with E-state index in [9.17, 15) is 14.4 Å². The zero-order valence-corrected chi connectivity index (χ0v) is 23.6. The van der Waals surface area contributed by atoms with Gasteiger partial charge in [0.1, 0.15) is 18.0 Å². The highest BCUT2D eigenvalue weighted by molar-refractivity contribution is 6.30. The molecule has 2 amide bonds. The Morgan fingerprint density at radius 2 is 1.93 bits per heavy atom. The number of aromatic nitrogens is 2. The van der Waals surface area contributed by atoms with Gasteiger partial charge in [-0.2, -0.15) is 0 Å². The summed E-state index contributed by atoms with van der Waals surface area (Å²) < 4.78 is 15.6. The van der Waals surface area contributed by atoms with Gasteiger partial charge in [-0.15, -0.1) is 0 Å². The van der Waals surface area contributed by atoms with E-state index >= 15 is 0 Å². The summed E-state index contributed by atoms with van der Waals surface area (Å²) in [5.74, 6) is 0.247. The van der Waals surface area contributed by atoms with Crippen molar-refractivity contribution < 1.29 is 28.6 Å². The van der Waals surface area contributed by atoms with Gasteiger partial charge in [-0.3, -0.25) is 10.2 Å². The molecule has 216 valence electrons. The third-order valence-corrected chi connectivity index (χ3v) is 7.62. The van der Waals surface area contributed by atoms with Crippen molar-refractivity contribution in [1.29, 1.82) is 0 Å². The van der Waals surface area contributed by atoms with Crippen LogP contribution in [0.15, 0.2) is 48.7 Å². The smallest absolute Gasteiger partial charge is 0.411 e. The Morgan fingerprint density at radius 1 is 1.10 bits per heavy atom. The standard InChI is InChI=1S/C29H32ClN5O6/c1-39-27(36)21-8-3-4-9-24(35-13-12-25(41-29(35)38)17-6-5-7-18(30)14-17)26-31-16-23(34-26)20-11-10-19(15-22(20)33-21)32-28(37)40-2/h5-7,10-11,14-16,21,24-25,33H,3-4,8-9,12-13H2,1-2H3,(H,31,34)(H,32,37)/t21-,24+,25?/m1/s1. The Kier molecular flexibility index (Phi) is 8.63. The van der Waals surface area contributed by atoms with Crippen LogP contribution in [0, 0.1) is 0 Å². The van der Waals surface area contributed by atoms with Gasteiger partial charge in [0.25, 0.3) is 0 Å². The Hall–Kier alpha value is -4.25. The molecule has 3 heterocycles. The fourth-order valence-electron chi connectivity index (χ4n) is 5.30. The molecule has 2 aliphatic rings. The van der Waals surface area contributed by atoms with Crippen molar-refractivity contribution in [2.45, 2.75) is 50.3 Å². The van der Waals surface area contributed by atoms with Gasteiger partial charge in [0.15, 0.2) is 0 Å². The number of hydrogen-bond acceptors (Lipinski definition) is 8. The zero-order chi connectivity index (χ0) is 28.9. The molecule has 11 nitrogen and oxygen atoms in total. The summed E-state index contributed by atoms with van der Waals surface area (Å²) in [6.07, 6.45) is 3.55. The van der Waals surface area contributed by atoms with Gasteiger partial charge in [0.2, 0.25) is 0 Å². The maximum absolute atomic E-state index is 13.3. The van der Waals surface area contributed by atoms with Crippen LogP contribution in [0.2, 0.25) is 5.02 Å². The van der Waals surface area contributed by atoms with Crippen LogP contribution in [0.4, 0.5) is 21.0 Å². The number of cyclic esters (lactones) is 1. The first-order chi connectivity index (χ1) is 19.9. The maximum Gasteiger partial charge on any atom is 0.411 e. The van der Waals surface area contributed by atoms with E-state index in [4.69, 9.17) is 30.8 Å². The van der Waals surface area contributed by atoms with E-state index in [1.165, 1.54) is 14.2 Å². The molecule has 1 fully saturated rings. The number of halogens is 1. The Bertz CT molecular complexity index is 1430. The number of ether oxygens (including phenoxy) is 3. The molecule has 1 aromatic heterocycles. The summed E-state index contributed by atoms with van der Waals surface area (Å²) in [5.41, 5.74) is 3.26. The average molecular weight is 582 g/mol. The second-order valence-electron chi connectivity index (χ2n) is 9.98. The summed E-state index contributed by atoms with van der Waals surface area (Å²) in [7, 11) is 2.64. The summed E-state index contributed by atoms with van der Waals surface area (Å²) in [4.78, 5) is 47.6. The first-order valence-corrected chi connectivity index (χ1v) is 13.9. The number of aromatic amines is 1. The van der Waals surface area contributed by atoms with Crippen molar-refractivity contribution in [3.63, 3.8) is 0 Å². The lowest BCUT2D eigenvalue weighted by Crippen LogP contribution is -2.42. The van der Waals surface area contributed by atoms with Crippen LogP contribution in [-0.4, -0.2) is 59.8 Å². The molecular formula is C29H32ClN5O6. The molecule has 2 aliphatic heterocycles. The SMILES string of the molecule is COC(=O)Nc1ccc2c(c1)N[C@@H](C(=O)OC)CCCC[C@H](N1CCC(c3cccc(Cl)c3)OC1=O)c1nc-2c[nH]1. The molecule has 3 atom stereocenters. The number of carbonyl (C=O) groups is 3. The van der Waals surface area contributed by atoms with Gasteiger partial charge in [-0.25, -0.2) is 19.4 Å². The predicted octanol–water partition coefficient (Wildman–Crippen LogP) is 6.06. The number of esters is 1. The second kappa shape index (κ2) is 12.5. The van der Waals surface area contributed by atoms with Gasteiger partial charge in [-0.1, -0.05) is 36.6 Å². The van der Waals surface area contributed by atoms with Crippen LogP contribution in [0.25, 0.3) is 11.3 Å². The third-order valence-electron chi connectivity index (χ3n) is 7.38. The molecular weight excluding hydrogens is 550 g/mol. The number of hydrogen-bond donors (Lipinski definition) is 3. The molecule has 0 radical (unpaired) electrons. The van der Waals surface area contributed by atoms with Crippen molar-refractivity contribution >= 4 is 41.1 Å². The first-order valence-electron chi connectivity index (χ1n) is 13.5. The van der Waals surface area contributed by atoms with Crippen LogP contribution < -0.4 is 10.6 Å². The molecule has 3 aromatic rings. The van der Waals surface area contributed by atoms with Gasteiger partial charge < -0.3 is 24.5 Å². The van der Waals surface area contributed by atoms with Crippen molar-refractivity contribution in [3.05, 3.63) is 65.1 Å². The minimum Gasteiger partial charge on any atom is -0.467 e. The highest BCUT2D eigenvalue weighted by Crippen LogP contribution is 2.37. The number of fused-ring (bicyclic) bond motifs is 4. The monoisotopic (exact) mass is 581 g/mol. The molecule has 1 saturated heterocycles. The lowest BCUT2D eigenvalue weighted by Gasteiger charge is -2.36. The van der Waals surface area contributed by atoms with Gasteiger partial charge in [0.05, 0.1) is 26.0 Å². The number of nitrogens with zero attached hydrogens (tertiary/aromatic N) is 2. The fourth-order valence-corrected chi connectivity index (χ4v) is 5.50. The normalized spacial score (nSPS) is 20.8. The molecule has 41 heavy (non-hydrogen) atoms. The fraction of sp³-hybridized carbons (Fsp3) is 0.379. The Morgan fingerprint density at radius 3 is 2.68 bits per heavy atom. The number of benzene rings is 2. The van der Waals surface area contributed by atoms with Gasteiger partial charge in [0, 0.05) is 41.1 Å². The minimum atomic E-state index is -0.623. The molecule has 1 unspecified atom stereocenters. The number of H-pyrrole nitrogens is 1. The van der Waals surface area contributed by atoms with E-state index in [-0.39, 0.29) is 12.1 Å². The van der Waals surface area contributed by atoms with Gasteiger partial charge in [-0.05, 0) is 48.7 Å². The van der Waals surface area contributed by atoms with Crippen molar-refractivity contribution in [3.8, 4) is 11.3 Å². The number of nitrogens with one attached hydrogen (secondary N) is 3. The molecule has 2 bridgehead atoms. The van der Waals surface area contributed by atoms with Crippen LogP contribution >= 0.6 is 11.6 Å². The summed E-state index contributed by atoms with van der Waals surface area (Å²) >= 11 is 6.16. The topological polar surface area (TPSA) is 135 Å². The second-order valence-corrected chi connectivity index (χ2v) is 10.4. The number of methoxy groups -OCH3 is 2. The Balaban J connectivity index is 1.45. The summed E-state index contributed by atoms with van der Waals surface area (Å²) in [6, 6.07) is 11.6. The lowest BCUT2D eigenvalue weighted by atomic mass is 10.00. The minimum absolute atomic E-state index is 0.343. The van der Waals surface area contributed by atoms with E-state index in [2.05, 4.69) is 15.6 Å². The molecule has 0 spiro atoms. The molecule has 2 aromatic carbocycles. The number of amides is 2. The largest absolute Gasteiger partial charge is 0.467 e. The van der Waals surface area contributed by atoms with E-state index < -0.39 is 24.2 Å². The summed E-state index contributed by atoms with van der Waals surface area (Å²) in [6.45, 7) is 0.488. The maximum atomic E-state index is 13.3. The number of imidazole rings is 1. The van der Waals surface area contributed by atoms with E-state index in [0.29, 0.717) is 65.7 Å². The van der Waals surface area contributed by atoms with Crippen molar-refractivity contribution in [1.82, 2.24) is 14.9 Å². The van der Waals surface area contributed by atoms with E-state index in [0.717, 1.165) is 12.0 Å². The molecule has 0 aliphatic carbocycles.